The summed E-state index contributed by atoms with van der Waals surface area (Å²) in [5.41, 5.74) is 2.60. The predicted octanol–water partition coefficient (Wildman–Crippen LogP) is 5.54. The highest BCUT2D eigenvalue weighted by molar-refractivity contribution is 6.33. The third-order valence-corrected chi connectivity index (χ3v) is 3.88. The maximum atomic E-state index is 13.5. The Balaban J connectivity index is 1.93. The van der Waals surface area contributed by atoms with Crippen LogP contribution in [0, 0.1) is 5.82 Å². The minimum atomic E-state index is -0.391. The SMILES string of the molecule is O=Cc1cc(OCc2ccccc2)cc(-c2cc(F)ccc2Cl)c1. The first-order valence-electron chi connectivity index (χ1n) is 7.38. The molecule has 0 aromatic heterocycles. The van der Waals surface area contributed by atoms with Crippen molar-refractivity contribution in [3.05, 3.63) is 88.7 Å². The Labute approximate surface area is 144 Å². The first-order valence-corrected chi connectivity index (χ1v) is 7.76. The quantitative estimate of drug-likeness (QED) is 0.570. The molecule has 24 heavy (non-hydrogen) atoms. The lowest BCUT2D eigenvalue weighted by Gasteiger charge is -2.11. The number of rotatable bonds is 5. The van der Waals surface area contributed by atoms with Gasteiger partial charge in [0.25, 0.3) is 0 Å². The van der Waals surface area contributed by atoms with E-state index in [0.29, 0.717) is 34.1 Å². The lowest BCUT2D eigenvalue weighted by molar-refractivity contribution is 0.112. The molecule has 120 valence electrons. The van der Waals surface area contributed by atoms with E-state index in [9.17, 15) is 9.18 Å². The van der Waals surface area contributed by atoms with Crippen LogP contribution in [0.4, 0.5) is 4.39 Å². The topological polar surface area (TPSA) is 26.3 Å². The fourth-order valence-corrected chi connectivity index (χ4v) is 2.62. The zero-order valence-electron chi connectivity index (χ0n) is 12.7. The molecule has 3 rings (SSSR count). The van der Waals surface area contributed by atoms with Gasteiger partial charge in [-0.15, -0.1) is 0 Å². The molecule has 0 aliphatic heterocycles. The lowest BCUT2D eigenvalue weighted by Crippen LogP contribution is -1.96. The van der Waals surface area contributed by atoms with Crippen LogP contribution >= 0.6 is 11.6 Å². The Bertz CT molecular complexity index is 863. The zero-order valence-corrected chi connectivity index (χ0v) is 13.5. The van der Waals surface area contributed by atoms with Gasteiger partial charge in [0.05, 0.1) is 0 Å². The molecule has 0 saturated carbocycles. The van der Waals surface area contributed by atoms with Crippen molar-refractivity contribution < 1.29 is 13.9 Å². The summed E-state index contributed by atoms with van der Waals surface area (Å²) in [5, 5.41) is 0.411. The highest BCUT2D eigenvalue weighted by atomic mass is 35.5. The molecular weight excluding hydrogens is 327 g/mol. The second-order valence-electron chi connectivity index (χ2n) is 5.31. The van der Waals surface area contributed by atoms with Crippen LogP contribution < -0.4 is 4.74 Å². The van der Waals surface area contributed by atoms with E-state index in [-0.39, 0.29) is 0 Å². The maximum Gasteiger partial charge on any atom is 0.150 e. The molecule has 0 unspecified atom stereocenters. The highest BCUT2D eigenvalue weighted by Crippen LogP contribution is 2.32. The normalized spacial score (nSPS) is 10.4. The number of carbonyl (C=O) groups excluding carboxylic acids is 1. The Morgan fingerprint density at radius 2 is 1.79 bits per heavy atom. The van der Waals surface area contributed by atoms with E-state index in [1.807, 2.05) is 30.3 Å². The van der Waals surface area contributed by atoms with Crippen LogP contribution in [-0.4, -0.2) is 6.29 Å². The third-order valence-electron chi connectivity index (χ3n) is 3.55. The molecule has 0 heterocycles. The summed E-state index contributed by atoms with van der Waals surface area (Å²) in [5.74, 6) is 0.136. The third kappa shape index (κ3) is 3.81. The van der Waals surface area contributed by atoms with Crippen LogP contribution in [0.15, 0.2) is 66.7 Å². The molecule has 0 aliphatic carbocycles. The van der Waals surface area contributed by atoms with Gasteiger partial charge in [-0.3, -0.25) is 4.79 Å². The summed E-state index contributed by atoms with van der Waals surface area (Å²) < 4.78 is 19.3. The summed E-state index contributed by atoms with van der Waals surface area (Å²) in [6.07, 6.45) is 0.728. The number of halogens is 2. The fraction of sp³-hybridized carbons (Fsp3) is 0.0500. The van der Waals surface area contributed by atoms with Crippen molar-refractivity contribution in [3.8, 4) is 16.9 Å². The van der Waals surface area contributed by atoms with Gasteiger partial charge in [0.2, 0.25) is 0 Å². The van der Waals surface area contributed by atoms with Crippen molar-refractivity contribution in [1.29, 1.82) is 0 Å². The molecule has 0 bridgehead atoms. The number of carbonyl (C=O) groups is 1. The van der Waals surface area contributed by atoms with Crippen LogP contribution in [-0.2, 0) is 6.61 Å². The highest BCUT2D eigenvalue weighted by Gasteiger charge is 2.09. The second kappa shape index (κ2) is 7.28. The van der Waals surface area contributed by atoms with Gasteiger partial charge in [-0.1, -0.05) is 41.9 Å². The zero-order chi connectivity index (χ0) is 16.9. The van der Waals surface area contributed by atoms with Crippen LogP contribution in [0.25, 0.3) is 11.1 Å². The number of hydrogen-bond acceptors (Lipinski definition) is 2. The van der Waals surface area contributed by atoms with Crippen LogP contribution in [0.3, 0.4) is 0 Å². The summed E-state index contributed by atoms with van der Waals surface area (Å²) in [6.45, 7) is 0.374. The van der Waals surface area contributed by atoms with Gasteiger partial charge in [-0.05, 0) is 47.5 Å². The van der Waals surface area contributed by atoms with Crippen molar-refractivity contribution in [1.82, 2.24) is 0 Å². The van der Waals surface area contributed by atoms with E-state index in [0.717, 1.165) is 11.8 Å². The number of benzene rings is 3. The monoisotopic (exact) mass is 340 g/mol. The smallest absolute Gasteiger partial charge is 0.150 e. The molecule has 0 radical (unpaired) electrons. The minimum Gasteiger partial charge on any atom is -0.489 e. The molecule has 3 aromatic carbocycles. The number of aldehydes is 1. The second-order valence-corrected chi connectivity index (χ2v) is 5.71. The van der Waals surface area contributed by atoms with Crippen molar-refractivity contribution in [3.63, 3.8) is 0 Å². The molecule has 0 atom stereocenters. The van der Waals surface area contributed by atoms with Crippen molar-refractivity contribution in [2.75, 3.05) is 0 Å². The van der Waals surface area contributed by atoms with Gasteiger partial charge < -0.3 is 4.74 Å². The van der Waals surface area contributed by atoms with Gasteiger partial charge >= 0.3 is 0 Å². The van der Waals surface area contributed by atoms with E-state index in [4.69, 9.17) is 16.3 Å². The van der Waals surface area contributed by atoms with Crippen LogP contribution in [0.5, 0.6) is 5.75 Å². The maximum absolute atomic E-state index is 13.5. The van der Waals surface area contributed by atoms with Crippen molar-refractivity contribution in [2.45, 2.75) is 6.61 Å². The van der Waals surface area contributed by atoms with Gasteiger partial charge in [0.15, 0.2) is 0 Å². The molecule has 4 heteroatoms. The van der Waals surface area contributed by atoms with E-state index >= 15 is 0 Å². The standard InChI is InChI=1S/C20H14ClFO2/c21-20-7-6-17(22)11-19(20)16-8-15(12-23)9-18(10-16)24-13-14-4-2-1-3-5-14/h1-12H,13H2. The molecule has 3 aromatic rings. The minimum absolute atomic E-state index is 0.374. The van der Waals surface area contributed by atoms with Gasteiger partial charge in [0.1, 0.15) is 24.5 Å². The van der Waals surface area contributed by atoms with E-state index < -0.39 is 5.82 Å². The van der Waals surface area contributed by atoms with Crippen LogP contribution in [0.2, 0.25) is 5.02 Å². The molecule has 0 fully saturated rings. The lowest BCUT2D eigenvalue weighted by atomic mass is 10.0. The summed E-state index contributed by atoms with van der Waals surface area (Å²) >= 11 is 6.16. The largest absolute Gasteiger partial charge is 0.489 e. The average molecular weight is 341 g/mol. The first kappa shape index (κ1) is 16.2. The Kier molecular flexibility index (Phi) is 4.92. The first-order chi connectivity index (χ1) is 11.7. The number of ether oxygens (including phenoxy) is 1. The fourth-order valence-electron chi connectivity index (χ4n) is 2.39. The summed E-state index contributed by atoms with van der Waals surface area (Å²) in [4.78, 5) is 11.2. The summed E-state index contributed by atoms with van der Waals surface area (Å²) in [6, 6.07) is 18.9. The van der Waals surface area contributed by atoms with Crippen molar-refractivity contribution >= 4 is 17.9 Å². The Hall–Kier alpha value is -2.65. The Morgan fingerprint density at radius 3 is 2.54 bits per heavy atom. The van der Waals surface area contributed by atoms with Gasteiger partial charge in [-0.2, -0.15) is 0 Å². The summed E-state index contributed by atoms with van der Waals surface area (Å²) in [7, 11) is 0. The predicted molar refractivity (Wildman–Crippen MR) is 93.0 cm³/mol. The molecule has 0 saturated heterocycles. The molecule has 2 nitrogen and oxygen atoms in total. The van der Waals surface area contributed by atoms with Crippen LogP contribution in [0.1, 0.15) is 15.9 Å². The van der Waals surface area contributed by atoms with Crippen molar-refractivity contribution in [2.24, 2.45) is 0 Å². The Morgan fingerprint density at radius 1 is 1.00 bits per heavy atom. The molecule has 0 amide bonds. The van der Waals surface area contributed by atoms with E-state index in [1.165, 1.54) is 18.2 Å². The molecular formula is C20H14ClFO2. The van der Waals surface area contributed by atoms with Gasteiger partial charge in [0, 0.05) is 16.1 Å². The van der Waals surface area contributed by atoms with E-state index in [2.05, 4.69) is 0 Å². The number of hydrogen-bond donors (Lipinski definition) is 0. The van der Waals surface area contributed by atoms with Gasteiger partial charge in [-0.25, -0.2) is 4.39 Å². The molecule has 0 spiro atoms. The molecule has 0 aliphatic rings. The molecule has 0 N–H and O–H groups in total. The van der Waals surface area contributed by atoms with E-state index in [1.54, 1.807) is 18.2 Å². The average Bonchev–Trinajstić information content (AvgIpc) is 2.62.